The maximum absolute atomic E-state index is 2.45. The van der Waals surface area contributed by atoms with E-state index in [2.05, 4.69) is 172 Å². The average Bonchev–Trinajstić information content (AvgIpc) is 3.71. The van der Waals surface area contributed by atoms with Gasteiger partial charge in [-0.3, -0.25) is 0 Å². The zero-order chi connectivity index (χ0) is 29.2. The third-order valence-corrected chi connectivity index (χ3v) is 9.26. The van der Waals surface area contributed by atoms with Gasteiger partial charge in [-0.25, -0.2) is 0 Å². The molecule has 2 aliphatic rings. The van der Waals surface area contributed by atoms with Crippen molar-refractivity contribution in [3.8, 4) is 22.3 Å². The van der Waals surface area contributed by atoms with Crippen LogP contribution < -0.4 is 0 Å². The molecule has 0 heterocycles. The van der Waals surface area contributed by atoms with Crippen LogP contribution in [0, 0.1) is 0 Å². The Balaban J connectivity index is 1.70. The SMILES string of the molecule is CC1=C(c2c(C(C3=C(C)C=CC3)(c3ccccc3)c3ccccc3)ccc(-c3ccccc3)c2-c2ccccc2)CC=C1. The zero-order valence-electron chi connectivity index (χ0n) is 24.9. The van der Waals surface area contributed by atoms with Crippen molar-refractivity contribution in [3.05, 3.63) is 197 Å². The van der Waals surface area contributed by atoms with Crippen LogP contribution in [0.25, 0.3) is 27.8 Å². The van der Waals surface area contributed by atoms with E-state index in [1.165, 1.54) is 66.8 Å². The lowest BCUT2D eigenvalue weighted by Crippen LogP contribution is -2.33. The summed E-state index contributed by atoms with van der Waals surface area (Å²) in [6.07, 6.45) is 11.1. The molecule has 0 fully saturated rings. The van der Waals surface area contributed by atoms with E-state index in [-0.39, 0.29) is 0 Å². The minimum atomic E-state index is -0.472. The molecule has 0 nitrogen and oxygen atoms in total. The van der Waals surface area contributed by atoms with Crippen LogP contribution in [0.2, 0.25) is 0 Å². The molecule has 43 heavy (non-hydrogen) atoms. The highest BCUT2D eigenvalue weighted by molar-refractivity contribution is 5.96. The lowest BCUT2D eigenvalue weighted by Gasteiger charge is -2.41. The Morgan fingerprint density at radius 2 is 0.977 bits per heavy atom. The summed E-state index contributed by atoms with van der Waals surface area (Å²) >= 11 is 0. The number of hydrogen-bond acceptors (Lipinski definition) is 0. The van der Waals surface area contributed by atoms with Crippen molar-refractivity contribution >= 4 is 5.57 Å². The smallest absolute Gasteiger partial charge is 0.0676 e. The Morgan fingerprint density at radius 3 is 1.49 bits per heavy atom. The van der Waals surface area contributed by atoms with Gasteiger partial charge in [0.15, 0.2) is 0 Å². The molecule has 0 aliphatic heterocycles. The monoisotopic (exact) mass is 552 g/mol. The molecule has 5 aromatic rings. The molecule has 0 atom stereocenters. The summed E-state index contributed by atoms with van der Waals surface area (Å²) in [4.78, 5) is 0. The Hall–Kier alpha value is -4.94. The zero-order valence-corrected chi connectivity index (χ0v) is 24.9. The molecule has 5 aromatic carbocycles. The van der Waals surface area contributed by atoms with Gasteiger partial charge in [-0.15, -0.1) is 0 Å². The van der Waals surface area contributed by atoms with E-state index in [0.29, 0.717) is 0 Å². The van der Waals surface area contributed by atoms with Gasteiger partial charge in [0.2, 0.25) is 0 Å². The molecule has 2 aliphatic carbocycles. The Kier molecular flexibility index (Phi) is 7.13. The molecular weight excluding hydrogens is 516 g/mol. The van der Waals surface area contributed by atoms with Crippen LogP contribution in [0.15, 0.2) is 174 Å². The molecule has 0 saturated heterocycles. The van der Waals surface area contributed by atoms with Gasteiger partial charge in [0.05, 0.1) is 5.41 Å². The fourth-order valence-electron chi connectivity index (χ4n) is 7.33. The van der Waals surface area contributed by atoms with Gasteiger partial charge >= 0.3 is 0 Å². The summed E-state index contributed by atoms with van der Waals surface area (Å²) in [5.74, 6) is 0. The maximum Gasteiger partial charge on any atom is 0.0676 e. The normalized spacial score (nSPS) is 14.7. The number of allylic oxidation sites excluding steroid dienone is 8. The average molecular weight is 553 g/mol. The summed E-state index contributed by atoms with van der Waals surface area (Å²) < 4.78 is 0. The predicted octanol–water partition coefficient (Wildman–Crippen LogP) is 11.4. The van der Waals surface area contributed by atoms with Crippen molar-refractivity contribution in [1.82, 2.24) is 0 Å². The Bertz CT molecular complexity index is 1840. The van der Waals surface area contributed by atoms with Gasteiger partial charge in [-0.05, 0) is 87.9 Å². The molecule has 7 rings (SSSR count). The van der Waals surface area contributed by atoms with Gasteiger partial charge in [-0.2, -0.15) is 0 Å². The van der Waals surface area contributed by atoms with E-state index in [4.69, 9.17) is 0 Å². The second kappa shape index (κ2) is 11.4. The van der Waals surface area contributed by atoms with Crippen molar-refractivity contribution in [1.29, 1.82) is 0 Å². The molecule has 0 amide bonds. The second-order valence-corrected chi connectivity index (χ2v) is 11.7. The van der Waals surface area contributed by atoms with Gasteiger partial charge in [-0.1, -0.05) is 163 Å². The third-order valence-electron chi connectivity index (χ3n) is 9.26. The Labute approximate surface area is 256 Å². The Morgan fingerprint density at radius 1 is 0.465 bits per heavy atom. The number of rotatable bonds is 7. The number of benzene rings is 5. The lowest BCUT2D eigenvalue weighted by molar-refractivity contribution is 0.703. The molecule has 0 spiro atoms. The molecule has 208 valence electrons. The molecule has 0 bridgehead atoms. The van der Waals surface area contributed by atoms with Crippen LogP contribution in [0.4, 0.5) is 0 Å². The first-order valence-corrected chi connectivity index (χ1v) is 15.3. The van der Waals surface area contributed by atoms with Gasteiger partial charge in [0.25, 0.3) is 0 Å². The van der Waals surface area contributed by atoms with E-state index in [1.807, 2.05) is 0 Å². The van der Waals surface area contributed by atoms with Crippen molar-refractivity contribution < 1.29 is 0 Å². The van der Waals surface area contributed by atoms with Crippen LogP contribution in [-0.4, -0.2) is 0 Å². The van der Waals surface area contributed by atoms with Crippen LogP contribution in [0.5, 0.6) is 0 Å². The van der Waals surface area contributed by atoms with Gasteiger partial charge in [0.1, 0.15) is 0 Å². The predicted molar refractivity (Wildman–Crippen MR) is 183 cm³/mol. The van der Waals surface area contributed by atoms with E-state index >= 15 is 0 Å². The van der Waals surface area contributed by atoms with E-state index in [1.54, 1.807) is 0 Å². The first-order valence-electron chi connectivity index (χ1n) is 15.3. The lowest BCUT2D eigenvalue weighted by atomic mass is 9.61. The van der Waals surface area contributed by atoms with Crippen LogP contribution in [0.1, 0.15) is 48.9 Å². The van der Waals surface area contributed by atoms with Gasteiger partial charge in [0, 0.05) is 0 Å². The van der Waals surface area contributed by atoms with Crippen molar-refractivity contribution in [2.45, 2.75) is 32.1 Å². The summed E-state index contributed by atoms with van der Waals surface area (Å²) in [6, 6.07) is 49.1. The van der Waals surface area contributed by atoms with E-state index < -0.39 is 5.41 Å². The van der Waals surface area contributed by atoms with Crippen LogP contribution in [0.3, 0.4) is 0 Å². The molecule has 0 heteroatoms. The molecule has 0 radical (unpaired) electrons. The fourth-order valence-corrected chi connectivity index (χ4v) is 7.33. The maximum atomic E-state index is 2.45. The summed E-state index contributed by atoms with van der Waals surface area (Å²) in [5, 5.41) is 0. The van der Waals surface area contributed by atoms with Crippen LogP contribution >= 0.6 is 0 Å². The molecular formula is C43H36. The minimum Gasteiger partial charge on any atom is -0.0801 e. The van der Waals surface area contributed by atoms with Crippen molar-refractivity contribution in [3.63, 3.8) is 0 Å². The second-order valence-electron chi connectivity index (χ2n) is 11.7. The van der Waals surface area contributed by atoms with Crippen molar-refractivity contribution in [2.24, 2.45) is 0 Å². The molecule has 0 unspecified atom stereocenters. The quantitative estimate of drug-likeness (QED) is 0.176. The summed E-state index contributed by atoms with van der Waals surface area (Å²) in [7, 11) is 0. The fraction of sp³-hybridized carbons (Fsp3) is 0.116. The summed E-state index contributed by atoms with van der Waals surface area (Å²) in [5.41, 5.74) is 15.4. The molecule has 0 saturated carbocycles. The topological polar surface area (TPSA) is 0 Å². The highest BCUT2D eigenvalue weighted by Gasteiger charge is 2.44. The highest BCUT2D eigenvalue weighted by Crippen LogP contribution is 2.55. The highest BCUT2D eigenvalue weighted by atomic mass is 14.5. The van der Waals surface area contributed by atoms with E-state index in [0.717, 1.165) is 12.8 Å². The first kappa shape index (κ1) is 26.9. The van der Waals surface area contributed by atoms with Gasteiger partial charge < -0.3 is 0 Å². The molecule has 0 N–H and O–H groups in total. The largest absolute Gasteiger partial charge is 0.0801 e. The van der Waals surface area contributed by atoms with Crippen LogP contribution in [-0.2, 0) is 5.41 Å². The standard InChI is InChI=1S/C43H36/c1-31-17-15-27-37(31)42-40(30-29-38(33-19-7-3-8-20-33)41(42)34-21-9-4-10-22-34)43(35-23-11-5-12-24-35,36-25-13-6-14-26-36)39-28-16-18-32(39)2/h3-26,29-30H,27-28H2,1-2H3. The van der Waals surface area contributed by atoms with E-state index in [9.17, 15) is 0 Å². The van der Waals surface area contributed by atoms with Crippen molar-refractivity contribution in [2.75, 3.05) is 0 Å². The summed E-state index contributed by atoms with van der Waals surface area (Å²) in [6.45, 7) is 4.57. The number of hydrogen-bond donors (Lipinski definition) is 0. The third kappa shape index (κ3) is 4.55. The minimum absolute atomic E-state index is 0.472. The molecule has 0 aromatic heterocycles. The first-order chi connectivity index (χ1) is 21.2.